The Balaban J connectivity index is 3.15. The fourth-order valence-electron chi connectivity index (χ4n) is 1.38. The minimum Gasteiger partial charge on any atom is -0.370 e. The molecule has 0 saturated carbocycles. The predicted octanol–water partition coefficient (Wildman–Crippen LogP) is 2.23. The van der Waals surface area contributed by atoms with Gasteiger partial charge in [-0.1, -0.05) is 23.7 Å². The Labute approximate surface area is 101 Å². The Hall–Kier alpha value is -1.27. The van der Waals surface area contributed by atoms with E-state index in [4.69, 9.17) is 23.1 Å². The van der Waals surface area contributed by atoms with Crippen molar-refractivity contribution in [3.05, 3.63) is 34.3 Å². The Morgan fingerprint density at radius 2 is 2.00 bits per heavy atom. The van der Waals surface area contributed by atoms with E-state index in [-0.39, 0.29) is 12.0 Å². The molecule has 0 bridgehead atoms. The quantitative estimate of drug-likeness (QED) is 0.881. The van der Waals surface area contributed by atoms with Crippen LogP contribution in [0, 0.1) is 0 Å². The monoisotopic (exact) mass is 266 g/mol. The molecule has 0 fully saturated rings. The third-order valence-corrected chi connectivity index (χ3v) is 2.58. The maximum Gasteiger partial charge on any atom is 0.417 e. The summed E-state index contributed by atoms with van der Waals surface area (Å²) in [6.07, 6.45) is -4.82. The Bertz CT molecular complexity index is 434. The second-order valence-corrected chi connectivity index (χ2v) is 3.86. The van der Waals surface area contributed by atoms with Gasteiger partial charge in [0.2, 0.25) is 5.91 Å². The highest BCUT2D eigenvalue weighted by Crippen LogP contribution is 2.37. The van der Waals surface area contributed by atoms with Gasteiger partial charge in [0.25, 0.3) is 0 Å². The Kier molecular flexibility index (Phi) is 4.00. The van der Waals surface area contributed by atoms with Crippen LogP contribution in [0.3, 0.4) is 0 Å². The minimum atomic E-state index is -4.56. The van der Waals surface area contributed by atoms with E-state index in [1.54, 1.807) is 0 Å². The summed E-state index contributed by atoms with van der Waals surface area (Å²) in [6.45, 7) is 0. The number of hydrogen-bond donors (Lipinski definition) is 2. The van der Waals surface area contributed by atoms with Crippen LogP contribution in [0.5, 0.6) is 0 Å². The lowest BCUT2D eigenvalue weighted by Gasteiger charge is -2.16. The van der Waals surface area contributed by atoms with Gasteiger partial charge in [-0.2, -0.15) is 13.2 Å². The standard InChI is InChI=1S/C10H10ClF3N2O/c11-9-5(7(15)4-8(16)17)2-1-3-6(9)10(12,13)14/h1-3,7H,4,15H2,(H2,16,17). The number of benzene rings is 1. The van der Waals surface area contributed by atoms with Crippen molar-refractivity contribution in [1.29, 1.82) is 0 Å². The molecule has 0 heterocycles. The van der Waals surface area contributed by atoms with Crippen LogP contribution in [0.25, 0.3) is 0 Å². The second-order valence-electron chi connectivity index (χ2n) is 3.48. The van der Waals surface area contributed by atoms with Gasteiger partial charge in [0, 0.05) is 12.5 Å². The molecule has 0 aliphatic rings. The van der Waals surface area contributed by atoms with E-state index in [0.29, 0.717) is 0 Å². The lowest BCUT2D eigenvalue weighted by atomic mass is 10.0. The fraction of sp³-hybridized carbons (Fsp3) is 0.300. The third kappa shape index (κ3) is 3.34. The lowest BCUT2D eigenvalue weighted by Crippen LogP contribution is -2.21. The Morgan fingerprint density at radius 1 is 1.41 bits per heavy atom. The molecule has 7 heteroatoms. The number of nitrogens with two attached hydrogens (primary N) is 2. The summed E-state index contributed by atoms with van der Waals surface area (Å²) in [6, 6.07) is 2.43. The molecular formula is C10H10ClF3N2O. The molecule has 1 rings (SSSR count). The zero-order valence-electron chi connectivity index (χ0n) is 8.59. The SMILES string of the molecule is NC(=O)CC(N)c1cccc(C(F)(F)F)c1Cl. The van der Waals surface area contributed by atoms with Crippen molar-refractivity contribution in [3.63, 3.8) is 0 Å². The van der Waals surface area contributed by atoms with Crippen molar-refractivity contribution < 1.29 is 18.0 Å². The number of carbonyl (C=O) groups excluding carboxylic acids is 1. The van der Waals surface area contributed by atoms with Crippen molar-refractivity contribution in [3.8, 4) is 0 Å². The minimum absolute atomic E-state index is 0.0558. The van der Waals surface area contributed by atoms with Gasteiger partial charge in [-0.15, -0.1) is 0 Å². The van der Waals surface area contributed by atoms with Gasteiger partial charge in [0.1, 0.15) is 0 Å². The molecule has 0 aromatic heterocycles. The molecule has 94 valence electrons. The smallest absolute Gasteiger partial charge is 0.370 e. The van der Waals surface area contributed by atoms with Gasteiger partial charge in [-0.25, -0.2) is 0 Å². The van der Waals surface area contributed by atoms with Gasteiger partial charge in [0.15, 0.2) is 0 Å². The maximum atomic E-state index is 12.5. The summed E-state index contributed by atoms with van der Waals surface area (Å²) in [4.78, 5) is 10.7. The average molecular weight is 267 g/mol. The molecule has 0 radical (unpaired) electrons. The molecule has 4 N–H and O–H groups in total. The highest BCUT2D eigenvalue weighted by atomic mass is 35.5. The van der Waals surface area contributed by atoms with E-state index in [9.17, 15) is 18.0 Å². The third-order valence-electron chi connectivity index (χ3n) is 2.15. The van der Waals surface area contributed by atoms with E-state index in [2.05, 4.69) is 0 Å². The topological polar surface area (TPSA) is 69.1 Å². The van der Waals surface area contributed by atoms with Crippen LogP contribution < -0.4 is 11.5 Å². The zero-order chi connectivity index (χ0) is 13.2. The van der Waals surface area contributed by atoms with Crippen LogP contribution in [0.1, 0.15) is 23.6 Å². The van der Waals surface area contributed by atoms with E-state index >= 15 is 0 Å². The van der Waals surface area contributed by atoms with Crippen LogP contribution in [-0.2, 0) is 11.0 Å². The van der Waals surface area contributed by atoms with E-state index in [1.807, 2.05) is 0 Å². The van der Waals surface area contributed by atoms with Gasteiger partial charge in [-0.05, 0) is 11.6 Å². The van der Waals surface area contributed by atoms with Crippen LogP contribution in [0.15, 0.2) is 18.2 Å². The summed E-state index contributed by atoms with van der Waals surface area (Å²) in [7, 11) is 0. The number of carbonyl (C=O) groups is 1. The van der Waals surface area contributed by atoms with Gasteiger partial charge in [-0.3, -0.25) is 4.79 Å². The van der Waals surface area contributed by atoms with E-state index < -0.39 is 28.7 Å². The summed E-state index contributed by atoms with van der Waals surface area (Å²) in [5.74, 6) is -0.703. The largest absolute Gasteiger partial charge is 0.417 e. The molecule has 0 spiro atoms. The number of rotatable bonds is 3. The molecule has 1 atom stereocenters. The molecule has 0 aliphatic heterocycles. The first-order chi connectivity index (χ1) is 7.73. The zero-order valence-corrected chi connectivity index (χ0v) is 9.35. The lowest BCUT2D eigenvalue weighted by molar-refractivity contribution is -0.137. The highest BCUT2D eigenvalue weighted by molar-refractivity contribution is 6.32. The highest BCUT2D eigenvalue weighted by Gasteiger charge is 2.34. The van der Waals surface area contributed by atoms with E-state index in [0.717, 1.165) is 6.07 Å². The summed E-state index contributed by atoms with van der Waals surface area (Å²) < 4.78 is 37.6. The first kappa shape index (κ1) is 13.8. The van der Waals surface area contributed by atoms with Crippen LogP contribution in [-0.4, -0.2) is 5.91 Å². The molecule has 1 aromatic carbocycles. The predicted molar refractivity (Wildman–Crippen MR) is 57.2 cm³/mol. The molecule has 0 aliphatic carbocycles. The first-order valence-corrected chi connectivity index (χ1v) is 5.00. The molecule has 1 unspecified atom stereocenters. The van der Waals surface area contributed by atoms with Crippen LogP contribution in [0.2, 0.25) is 5.02 Å². The molecule has 1 amide bonds. The van der Waals surface area contributed by atoms with Gasteiger partial charge < -0.3 is 11.5 Å². The first-order valence-electron chi connectivity index (χ1n) is 4.63. The number of amides is 1. The van der Waals surface area contributed by atoms with Crippen molar-refractivity contribution in [2.24, 2.45) is 11.5 Å². The normalized spacial score (nSPS) is 13.5. The summed E-state index contributed by atoms with van der Waals surface area (Å²) in [5.41, 5.74) is 9.56. The fourth-order valence-corrected chi connectivity index (χ4v) is 1.76. The molecule has 1 aromatic rings. The molecule has 0 saturated heterocycles. The number of halogens is 4. The van der Waals surface area contributed by atoms with Crippen molar-refractivity contribution in [2.75, 3.05) is 0 Å². The van der Waals surface area contributed by atoms with Crippen LogP contribution in [0.4, 0.5) is 13.2 Å². The summed E-state index contributed by atoms with van der Waals surface area (Å²) in [5, 5.41) is -0.492. The number of alkyl halides is 3. The van der Waals surface area contributed by atoms with Crippen molar-refractivity contribution in [2.45, 2.75) is 18.6 Å². The molecule has 3 nitrogen and oxygen atoms in total. The van der Waals surface area contributed by atoms with Crippen LogP contribution >= 0.6 is 11.6 Å². The summed E-state index contributed by atoms with van der Waals surface area (Å²) >= 11 is 5.62. The number of hydrogen-bond acceptors (Lipinski definition) is 2. The van der Waals surface area contributed by atoms with Crippen molar-refractivity contribution >= 4 is 17.5 Å². The van der Waals surface area contributed by atoms with Gasteiger partial charge >= 0.3 is 6.18 Å². The Morgan fingerprint density at radius 3 is 2.47 bits per heavy atom. The van der Waals surface area contributed by atoms with E-state index in [1.165, 1.54) is 12.1 Å². The average Bonchev–Trinajstić information content (AvgIpc) is 2.14. The molecular weight excluding hydrogens is 257 g/mol. The maximum absolute atomic E-state index is 12.5. The molecule has 17 heavy (non-hydrogen) atoms. The van der Waals surface area contributed by atoms with Crippen molar-refractivity contribution in [1.82, 2.24) is 0 Å². The second kappa shape index (κ2) is 4.93. The van der Waals surface area contributed by atoms with Gasteiger partial charge in [0.05, 0.1) is 10.6 Å². The number of primary amides is 1.